The van der Waals surface area contributed by atoms with Crippen molar-refractivity contribution in [2.75, 3.05) is 25.1 Å². The number of nitrogens with zero attached hydrogens (tertiary/aromatic N) is 5. The second-order valence-electron chi connectivity index (χ2n) is 12.5. The Labute approximate surface area is 270 Å². The summed E-state index contributed by atoms with van der Waals surface area (Å²) in [4.78, 5) is 23.2. The van der Waals surface area contributed by atoms with Gasteiger partial charge in [-0.15, -0.1) is 5.10 Å². The number of carbonyl (C=O) groups is 1. The van der Waals surface area contributed by atoms with E-state index in [0.717, 1.165) is 25.7 Å². The van der Waals surface area contributed by atoms with E-state index in [-0.39, 0.29) is 52.4 Å². The van der Waals surface area contributed by atoms with E-state index in [2.05, 4.69) is 34.2 Å². The largest absolute Gasteiger partial charge is 0.477 e. The smallest absolute Gasteiger partial charge is 0.392 e. The van der Waals surface area contributed by atoms with Crippen molar-refractivity contribution >= 4 is 33.3 Å². The summed E-state index contributed by atoms with van der Waals surface area (Å²) >= 11 is 6.25. The van der Waals surface area contributed by atoms with Gasteiger partial charge in [0.25, 0.3) is 15.9 Å². The van der Waals surface area contributed by atoms with Gasteiger partial charge in [0.15, 0.2) is 10.8 Å². The Kier molecular flexibility index (Phi) is 9.85. The van der Waals surface area contributed by atoms with Gasteiger partial charge in [-0.1, -0.05) is 17.7 Å². The number of halogens is 4. The molecule has 3 aromatic heterocycles. The highest BCUT2D eigenvalue weighted by atomic mass is 35.5. The van der Waals surface area contributed by atoms with E-state index >= 15 is 0 Å². The zero-order chi connectivity index (χ0) is 33.3. The summed E-state index contributed by atoms with van der Waals surface area (Å²) in [5.41, 5.74) is -0.0280. The Morgan fingerprint density at radius 3 is 2.65 bits per heavy atom. The van der Waals surface area contributed by atoms with Crippen LogP contribution in [0.4, 0.5) is 19.0 Å². The fraction of sp³-hybridized carbons (Fsp3) is 0.533. The molecule has 5 rings (SSSR count). The molecule has 11 nitrogen and oxygen atoms in total. The van der Waals surface area contributed by atoms with Gasteiger partial charge in [-0.05, 0) is 82.6 Å². The average Bonchev–Trinajstić information content (AvgIpc) is 3.49. The van der Waals surface area contributed by atoms with Crippen LogP contribution < -0.4 is 19.7 Å². The maximum atomic E-state index is 13.1. The van der Waals surface area contributed by atoms with Crippen LogP contribution in [0.3, 0.4) is 0 Å². The standard InChI is InChI=1S/C30H37ClF3N7O4S/c1-29(2)14-11-20(37-29)6-5-15-40(3)23-7-4-8-26(35-23)46(43,44)39-28(42)21-9-10-24(36-27(21)31)41-16-12-25(38-41)45-17-13-19-18-22(19)30(32,33)34/h4,7-10,12,16,19-20,22,37H,5-6,11,13-15,17-18H2,1-3H3,(H,39,42). The molecule has 1 saturated heterocycles. The van der Waals surface area contributed by atoms with Crippen LogP contribution in [0.25, 0.3) is 5.82 Å². The highest BCUT2D eigenvalue weighted by Crippen LogP contribution is 2.51. The number of aromatic nitrogens is 4. The van der Waals surface area contributed by atoms with Crippen molar-refractivity contribution in [3.63, 3.8) is 0 Å². The number of alkyl halides is 3. The first-order chi connectivity index (χ1) is 21.6. The first-order valence-electron chi connectivity index (χ1n) is 15.1. The summed E-state index contributed by atoms with van der Waals surface area (Å²) in [5, 5.41) is 7.24. The van der Waals surface area contributed by atoms with E-state index in [4.69, 9.17) is 16.3 Å². The molecule has 2 aliphatic rings. The molecule has 2 N–H and O–H groups in total. The maximum absolute atomic E-state index is 13.1. The normalized spacial score (nSPS) is 20.8. The third kappa shape index (κ3) is 8.48. The van der Waals surface area contributed by atoms with Gasteiger partial charge < -0.3 is 15.0 Å². The van der Waals surface area contributed by atoms with Gasteiger partial charge >= 0.3 is 6.18 Å². The predicted molar refractivity (Wildman–Crippen MR) is 166 cm³/mol. The zero-order valence-electron chi connectivity index (χ0n) is 25.7. The number of rotatable bonds is 13. The number of pyridine rings is 2. The van der Waals surface area contributed by atoms with E-state index in [0.29, 0.717) is 18.4 Å². The van der Waals surface area contributed by atoms with Gasteiger partial charge in [0, 0.05) is 37.4 Å². The van der Waals surface area contributed by atoms with Gasteiger partial charge in [-0.25, -0.2) is 19.4 Å². The Morgan fingerprint density at radius 2 is 1.98 bits per heavy atom. The molecular formula is C30H37ClF3N7O4S. The van der Waals surface area contributed by atoms with Crippen LogP contribution in [0.1, 0.15) is 62.7 Å². The molecule has 46 heavy (non-hydrogen) atoms. The number of anilines is 1. The minimum atomic E-state index is -4.34. The van der Waals surface area contributed by atoms with E-state index in [1.54, 1.807) is 12.1 Å². The summed E-state index contributed by atoms with van der Waals surface area (Å²) < 4.78 is 73.0. The molecule has 1 saturated carbocycles. The molecule has 3 unspecified atom stereocenters. The molecule has 1 amide bonds. The summed E-state index contributed by atoms with van der Waals surface area (Å²) in [6.45, 7) is 5.16. The number of sulfonamides is 1. The molecule has 250 valence electrons. The van der Waals surface area contributed by atoms with Gasteiger partial charge in [0.2, 0.25) is 5.88 Å². The molecule has 0 radical (unpaired) electrons. The fourth-order valence-electron chi connectivity index (χ4n) is 5.65. The molecule has 3 aromatic rings. The van der Waals surface area contributed by atoms with Crippen molar-refractivity contribution in [1.29, 1.82) is 0 Å². The molecule has 4 heterocycles. The molecule has 16 heteroatoms. The lowest BCUT2D eigenvalue weighted by Gasteiger charge is -2.22. The van der Waals surface area contributed by atoms with Crippen LogP contribution in [-0.4, -0.2) is 72.0 Å². The molecule has 1 aliphatic carbocycles. The summed E-state index contributed by atoms with van der Waals surface area (Å²) in [5.74, 6) is -1.83. The van der Waals surface area contributed by atoms with Crippen molar-refractivity contribution in [2.24, 2.45) is 11.8 Å². The Bertz CT molecular complexity index is 1670. The van der Waals surface area contributed by atoms with Crippen molar-refractivity contribution in [3.8, 4) is 11.7 Å². The first kappa shape index (κ1) is 33.9. The SMILES string of the molecule is CN(CCCC1CCC(C)(C)N1)c1cccc(S(=O)(=O)NC(=O)c2ccc(-n3ccc(OCCC4CC4C(F)(F)F)n3)nc2Cl)n1. The lowest BCUT2D eigenvalue weighted by atomic mass is 10.0. The average molecular weight is 684 g/mol. The maximum Gasteiger partial charge on any atom is 0.392 e. The predicted octanol–water partition coefficient (Wildman–Crippen LogP) is 5.15. The molecule has 1 aliphatic heterocycles. The lowest BCUT2D eigenvalue weighted by Crippen LogP contribution is -2.37. The molecule has 2 fully saturated rings. The monoisotopic (exact) mass is 683 g/mol. The number of hydrogen-bond acceptors (Lipinski definition) is 9. The number of nitrogens with one attached hydrogen (secondary N) is 2. The Morgan fingerprint density at radius 1 is 1.20 bits per heavy atom. The zero-order valence-corrected chi connectivity index (χ0v) is 27.3. The topological polar surface area (TPSA) is 131 Å². The van der Waals surface area contributed by atoms with Gasteiger partial charge in [0.05, 0.1) is 18.1 Å². The summed E-state index contributed by atoms with van der Waals surface area (Å²) in [6.07, 6.45) is 1.88. The lowest BCUT2D eigenvalue weighted by molar-refractivity contribution is -0.151. The van der Waals surface area contributed by atoms with E-state index in [1.807, 2.05) is 16.7 Å². The summed E-state index contributed by atoms with van der Waals surface area (Å²) in [7, 11) is -2.50. The quantitative estimate of drug-likeness (QED) is 0.235. The second-order valence-corrected chi connectivity index (χ2v) is 14.5. The Balaban J connectivity index is 1.14. The minimum absolute atomic E-state index is 0.0842. The van der Waals surface area contributed by atoms with Crippen LogP contribution >= 0.6 is 11.6 Å². The Hall–Kier alpha value is -3.43. The van der Waals surface area contributed by atoms with Crippen LogP contribution in [-0.2, 0) is 10.0 Å². The number of carbonyl (C=O) groups excluding carboxylic acids is 1. The first-order valence-corrected chi connectivity index (χ1v) is 16.9. The van der Waals surface area contributed by atoms with Crippen molar-refractivity contribution in [1.82, 2.24) is 29.8 Å². The number of amides is 1. The van der Waals surface area contributed by atoms with Crippen LogP contribution in [0.15, 0.2) is 47.6 Å². The molecule has 3 atom stereocenters. The third-order valence-electron chi connectivity index (χ3n) is 8.32. The van der Waals surface area contributed by atoms with Gasteiger partial charge in [0.1, 0.15) is 11.0 Å². The molecule has 0 spiro atoms. The highest BCUT2D eigenvalue weighted by Gasteiger charge is 2.55. The van der Waals surface area contributed by atoms with Gasteiger partial charge in [-0.3, -0.25) is 4.79 Å². The third-order valence-corrected chi connectivity index (χ3v) is 9.84. The van der Waals surface area contributed by atoms with Crippen molar-refractivity contribution < 1.29 is 31.1 Å². The molecule has 0 bridgehead atoms. The minimum Gasteiger partial charge on any atom is -0.477 e. The second kappa shape index (κ2) is 13.4. The van der Waals surface area contributed by atoms with Crippen LogP contribution in [0.5, 0.6) is 5.88 Å². The number of ether oxygens (including phenoxy) is 1. The van der Waals surface area contributed by atoms with E-state index in [1.165, 1.54) is 35.1 Å². The summed E-state index contributed by atoms with van der Waals surface area (Å²) in [6, 6.07) is 9.27. The van der Waals surface area contributed by atoms with Gasteiger partial charge in [-0.2, -0.15) is 21.6 Å². The van der Waals surface area contributed by atoms with Crippen molar-refractivity contribution in [3.05, 3.63) is 53.3 Å². The van der Waals surface area contributed by atoms with Crippen molar-refractivity contribution in [2.45, 2.75) is 75.2 Å². The fourth-order valence-corrected chi connectivity index (χ4v) is 6.81. The molecule has 0 aromatic carbocycles. The van der Waals surface area contributed by atoms with Crippen LogP contribution in [0, 0.1) is 11.8 Å². The van der Waals surface area contributed by atoms with E-state index in [9.17, 15) is 26.4 Å². The van der Waals surface area contributed by atoms with E-state index < -0.39 is 33.9 Å². The number of hydrogen-bond donors (Lipinski definition) is 2. The highest BCUT2D eigenvalue weighted by molar-refractivity contribution is 7.90. The molecular weight excluding hydrogens is 647 g/mol. The van der Waals surface area contributed by atoms with Crippen LogP contribution in [0.2, 0.25) is 5.15 Å².